The average molecular weight is 301 g/mol. The van der Waals surface area contributed by atoms with Gasteiger partial charge in [-0.15, -0.1) is 0 Å². The molecule has 0 spiro atoms. The first kappa shape index (κ1) is 15.7. The molecule has 0 aliphatic heterocycles. The molecule has 7 nitrogen and oxygen atoms in total. The second-order valence-electron chi connectivity index (χ2n) is 4.95. The lowest BCUT2D eigenvalue weighted by Gasteiger charge is -2.10. The van der Waals surface area contributed by atoms with E-state index >= 15 is 0 Å². The molecule has 2 N–H and O–H groups in total. The fraction of sp³-hybridized carbons (Fsp3) is 0.333. The first-order valence-electron chi connectivity index (χ1n) is 7.18. The molecular formula is C15H19N5O2. The van der Waals surface area contributed by atoms with Crippen LogP contribution >= 0.6 is 0 Å². The van der Waals surface area contributed by atoms with Crippen molar-refractivity contribution in [1.82, 2.24) is 9.97 Å². The second kappa shape index (κ2) is 7.35. The summed E-state index contributed by atoms with van der Waals surface area (Å²) in [6, 6.07) is 7.56. The highest BCUT2D eigenvalue weighted by Crippen LogP contribution is 2.31. The molecule has 2 rings (SSSR count). The summed E-state index contributed by atoms with van der Waals surface area (Å²) in [5, 5.41) is 17.3. The van der Waals surface area contributed by atoms with Crippen LogP contribution in [0.5, 0.6) is 0 Å². The topological polar surface area (TPSA) is 93.0 Å². The molecule has 0 saturated carbocycles. The van der Waals surface area contributed by atoms with Gasteiger partial charge in [-0.3, -0.25) is 10.1 Å². The Bertz CT molecular complexity index is 643. The lowest BCUT2D eigenvalue weighted by Crippen LogP contribution is -2.09. The van der Waals surface area contributed by atoms with Crippen molar-refractivity contribution < 1.29 is 4.92 Å². The summed E-state index contributed by atoms with van der Waals surface area (Å²) in [6.07, 6.45) is 3.24. The molecule has 22 heavy (non-hydrogen) atoms. The number of aryl methyl sites for hydroxylation is 1. The maximum absolute atomic E-state index is 11.4. The van der Waals surface area contributed by atoms with Crippen LogP contribution in [-0.2, 0) is 0 Å². The summed E-state index contributed by atoms with van der Waals surface area (Å²) < 4.78 is 0. The Morgan fingerprint density at radius 2 is 1.86 bits per heavy atom. The molecule has 0 bridgehead atoms. The third-order valence-corrected chi connectivity index (χ3v) is 3.14. The van der Waals surface area contributed by atoms with E-state index in [2.05, 4.69) is 27.5 Å². The number of nitrogens with one attached hydrogen (secondary N) is 2. The van der Waals surface area contributed by atoms with Gasteiger partial charge in [0, 0.05) is 12.2 Å². The monoisotopic (exact) mass is 301 g/mol. The van der Waals surface area contributed by atoms with Gasteiger partial charge in [0.25, 0.3) is 0 Å². The van der Waals surface area contributed by atoms with E-state index in [-0.39, 0.29) is 17.3 Å². The summed E-state index contributed by atoms with van der Waals surface area (Å²) in [7, 11) is 0. The van der Waals surface area contributed by atoms with Crippen molar-refractivity contribution in [2.45, 2.75) is 26.7 Å². The molecule has 0 saturated heterocycles. The number of anilines is 3. The Kier molecular flexibility index (Phi) is 5.24. The van der Waals surface area contributed by atoms with E-state index in [1.165, 1.54) is 6.33 Å². The van der Waals surface area contributed by atoms with Crippen molar-refractivity contribution in [3.63, 3.8) is 0 Å². The minimum absolute atomic E-state index is 0.140. The smallest absolute Gasteiger partial charge is 0.353 e. The third kappa shape index (κ3) is 3.91. The SMILES string of the molecule is CCCCNc1ncnc(Nc2ccc(C)cc2)c1[N+](=O)[O-]. The molecule has 2 aromatic rings. The first-order chi connectivity index (χ1) is 10.6. The second-order valence-corrected chi connectivity index (χ2v) is 4.95. The Morgan fingerprint density at radius 3 is 2.50 bits per heavy atom. The van der Waals surface area contributed by atoms with Crippen molar-refractivity contribution in [2.75, 3.05) is 17.2 Å². The summed E-state index contributed by atoms with van der Waals surface area (Å²) >= 11 is 0. The molecule has 1 heterocycles. The standard InChI is InChI=1S/C15H19N5O2/c1-3-4-9-16-14-13(20(21)22)15(18-10-17-14)19-12-7-5-11(2)6-8-12/h5-8,10H,3-4,9H2,1-2H3,(H2,16,17,18,19). The minimum atomic E-state index is -0.467. The van der Waals surface area contributed by atoms with Gasteiger partial charge in [-0.05, 0) is 25.5 Å². The van der Waals surface area contributed by atoms with Gasteiger partial charge in [0.15, 0.2) is 0 Å². The predicted octanol–water partition coefficient (Wildman–Crippen LogP) is 3.65. The van der Waals surface area contributed by atoms with E-state index in [0.29, 0.717) is 6.54 Å². The zero-order valence-electron chi connectivity index (χ0n) is 12.7. The quantitative estimate of drug-likeness (QED) is 0.460. The lowest BCUT2D eigenvalue weighted by molar-refractivity contribution is -0.383. The molecule has 0 unspecified atom stereocenters. The van der Waals surface area contributed by atoms with Crippen molar-refractivity contribution >= 4 is 23.0 Å². The third-order valence-electron chi connectivity index (χ3n) is 3.14. The van der Waals surface area contributed by atoms with Gasteiger partial charge in [-0.25, -0.2) is 9.97 Å². The van der Waals surface area contributed by atoms with Crippen molar-refractivity contribution in [3.05, 3.63) is 46.3 Å². The Balaban J connectivity index is 2.27. The van der Waals surface area contributed by atoms with Gasteiger partial charge in [-0.2, -0.15) is 0 Å². The number of unbranched alkanes of at least 4 members (excludes halogenated alkanes) is 1. The summed E-state index contributed by atoms with van der Waals surface area (Å²) in [4.78, 5) is 18.9. The normalized spacial score (nSPS) is 10.3. The molecule has 0 atom stereocenters. The Hall–Kier alpha value is -2.70. The van der Waals surface area contributed by atoms with E-state index in [0.717, 1.165) is 24.1 Å². The molecule has 116 valence electrons. The predicted molar refractivity (Wildman–Crippen MR) is 86.5 cm³/mol. The van der Waals surface area contributed by atoms with Crippen molar-refractivity contribution in [2.24, 2.45) is 0 Å². The van der Waals surface area contributed by atoms with Crippen molar-refractivity contribution in [1.29, 1.82) is 0 Å². The number of nitro groups is 1. The zero-order chi connectivity index (χ0) is 15.9. The highest BCUT2D eigenvalue weighted by molar-refractivity contribution is 5.73. The van der Waals surface area contributed by atoms with Crippen LogP contribution in [0.25, 0.3) is 0 Å². The van der Waals surface area contributed by atoms with E-state index in [1.54, 1.807) is 0 Å². The van der Waals surface area contributed by atoms with Gasteiger partial charge in [0.2, 0.25) is 11.6 Å². The van der Waals surface area contributed by atoms with Crippen LogP contribution in [0.1, 0.15) is 25.3 Å². The number of rotatable bonds is 7. The maximum atomic E-state index is 11.4. The van der Waals surface area contributed by atoms with Gasteiger partial charge < -0.3 is 10.6 Å². The summed E-state index contributed by atoms with van der Waals surface area (Å²) in [5.41, 5.74) is 1.72. The number of benzene rings is 1. The van der Waals surface area contributed by atoms with Crippen LogP contribution in [0, 0.1) is 17.0 Å². The zero-order valence-corrected chi connectivity index (χ0v) is 12.7. The van der Waals surface area contributed by atoms with Crippen molar-refractivity contribution in [3.8, 4) is 0 Å². The van der Waals surface area contributed by atoms with E-state index < -0.39 is 4.92 Å². The Morgan fingerprint density at radius 1 is 1.18 bits per heavy atom. The van der Waals surface area contributed by atoms with Gasteiger partial charge in [0.1, 0.15) is 6.33 Å². The highest BCUT2D eigenvalue weighted by Gasteiger charge is 2.22. The molecular weight excluding hydrogens is 282 g/mol. The highest BCUT2D eigenvalue weighted by atomic mass is 16.6. The molecule has 7 heteroatoms. The summed E-state index contributed by atoms with van der Waals surface area (Å²) in [6.45, 7) is 4.67. The van der Waals surface area contributed by atoms with Crippen LogP contribution in [0.4, 0.5) is 23.0 Å². The van der Waals surface area contributed by atoms with Gasteiger partial charge >= 0.3 is 5.69 Å². The van der Waals surface area contributed by atoms with Crippen LogP contribution in [-0.4, -0.2) is 21.4 Å². The first-order valence-corrected chi connectivity index (χ1v) is 7.18. The van der Waals surface area contributed by atoms with Crippen LogP contribution in [0.15, 0.2) is 30.6 Å². The molecule has 0 radical (unpaired) electrons. The van der Waals surface area contributed by atoms with E-state index in [1.807, 2.05) is 31.2 Å². The average Bonchev–Trinajstić information content (AvgIpc) is 2.50. The van der Waals surface area contributed by atoms with Gasteiger partial charge in [0.05, 0.1) is 4.92 Å². The Labute approximate surface area is 129 Å². The fourth-order valence-corrected chi connectivity index (χ4v) is 1.93. The van der Waals surface area contributed by atoms with Crippen LogP contribution in [0.3, 0.4) is 0 Å². The van der Waals surface area contributed by atoms with E-state index in [4.69, 9.17) is 0 Å². The molecule has 0 aliphatic rings. The molecule has 1 aromatic carbocycles. The van der Waals surface area contributed by atoms with E-state index in [9.17, 15) is 10.1 Å². The maximum Gasteiger partial charge on any atom is 0.353 e. The van der Waals surface area contributed by atoms with Crippen LogP contribution in [0.2, 0.25) is 0 Å². The lowest BCUT2D eigenvalue weighted by atomic mass is 10.2. The molecule has 0 fully saturated rings. The summed E-state index contributed by atoms with van der Waals surface area (Å²) in [5.74, 6) is 0.422. The largest absolute Gasteiger partial charge is 0.364 e. The molecule has 1 aromatic heterocycles. The fourth-order valence-electron chi connectivity index (χ4n) is 1.93. The number of aromatic nitrogens is 2. The van der Waals surface area contributed by atoms with Gasteiger partial charge in [-0.1, -0.05) is 31.0 Å². The minimum Gasteiger partial charge on any atom is -0.364 e. The van der Waals surface area contributed by atoms with Crippen LogP contribution < -0.4 is 10.6 Å². The molecule has 0 aliphatic carbocycles. The molecule has 0 amide bonds. The number of hydrogen-bond acceptors (Lipinski definition) is 6. The number of hydrogen-bond donors (Lipinski definition) is 2. The number of nitrogens with zero attached hydrogens (tertiary/aromatic N) is 3.